The van der Waals surface area contributed by atoms with Gasteiger partial charge in [-0.05, 0) is 58.8 Å². The number of nitrogens with zero attached hydrogens (tertiary/aromatic N) is 2. The molecular formula is C21H14F3N3O3S. The van der Waals surface area contributed by atoms with Crippen molar-refractivity contribution in [2.75, 3.05) is 12.4 Å². The highest BCUT2D eigenvalue weighted by Crippen LogP contribution is 2.35. The number of thiophene rings is 1. The zero-order chi connectivity index (χ0) is 22.0. The highest BCUT2D eigenvalue weighted by molar-refractivity contribution is 7.08. The average Bonchev–Trinajstić information content (AvgIpc) is 3.45. The van der Waals surface area contributed by atoms with Gasteiger partial charge in [0.2, 0.25) is 5.89 Å². The standard InChI is InChI=1S/C21H14F3N3O3S/c1-29-17-6-5-13(10-16(17)14-7-8-31-11-14)19-26-27-20(30-19)25-18(28)12-3-2-4-15(9-12)21(22,23)24/h2-11H,1H3,(H,25,27,28). The van der Waals surface area contributed by atoms with Gasteiger partial charge in [-0.1, -0.05) is 11.2 Å². The molecule has 0 radical (unpaired) electrons. The van der Waals surface area contributed by atoms with Crippen LogP contribution in [0.5, 0.6) is 5.75 Å². The van der Waals surface area contributed by atoms with Crippen molar-refractivity contribution in [1.82, 2.24) is 10.2 Å². The van der Waals surface area contributed by atoms with Gasteiger partial charge in [-0.15, -0.1) is 5.10 Å². The number of ether oxygens (including phenoxy) is 1. The molecule has 0 aliphatic rings. The molecule has 0 unspecified atom stereocenters. The molecule has 0 aliphatic carbocycles. The van der Waals surface area contributed by atoms with Crippen LogP contribution in [-0.4, -0.2) is 23.2 Å². The third kappa shape index (κ3) is 4.43. The summed E-state index contributed by atoms with van der Waals surface area (Å²) in [6, 6.07) is 11.1. The Balaban J connectivity index is 1.57. The lowest BCUT2D eigenvalue weighted by Crippen LogP contribution is -2.14. The summed E-state index contributed by atoms with van der Waals surface area (Å²) in [6.45, 7) is 0. The number of anilines is 1. The Bertz CT molecular complexity index is 1220. The van der Waals surface area contributed by atoms with Gasteiger partial charge >= 0.3 is 12.2 Å². The number of benzene rings is 2. The molecule has 2 heterocycles. The molecule has 2 aromatic carbocycles. The van der Waals surface area contributed by atoms with Crippen LogP contribution in [0.25, 0.3) is 22.6 Å². The summed E-state index contributed by atoms with van der Waals surface area (Å²) >= 11 is 1.54. The zero-order valence-corrected chi connectivity index (χ0v) is 16.8. The monoisotopic (exact) mass is 445 g/mol. The molecule has 0 aliphatic heterocycles. The summed E-state index contributed by atoms with van der Waals surface area (Å²) < 4.78 is 49.5. The number of carbonyl (C=O) groups excluding carboxylic acids is 1. The predicted molar refractivity (Wildman–Crippen MR) is 109 cm³/mol. The van der Waals surface area contributed by atoms with Gasteiger partial charge in [0.1, 0.15) is 5.75 Å². The number of amides is 1. The summed E-state index contributed by atoms with van der Waals surface area (Å²) in [4.78, 5) is 12.3. The molecule has 158 valence electrons. The number of halogens is 3. The molecule has 1 N–H and O–H groups in total. The van der Waals surface area contributed by atoms with E-state index in [1.54, 1.807) is 30.6 Å². The smallest absolute Gasteiger partial charge is 0.416 e. The van der Waals surface area contributed by atoms with E-state index in [9.17, 15) is 18.0 Å². The molecule has 0 fully saturated rings. The molecule has 0 saturated heterocycles. The van der Waals surface area contributed by atoms with Crippen molar-refractivity contribution in [1.29, 1.82) is 0 Å². The Morgan fingerprint density at radius 1 is 1.10 bits per heavy atom. The van der Waals surface area contributed by atoms with Crippen LogP contribution in [0, 0.1) is 0 Å². The van der Waals surface area contributed by atoms with Crippen molar-refractivity contribution in [2.24, 2.45) is 0 Å². The SMILES string of the molecule is COc1ccc(-c2nnc(NC(=O)c3cccc(C(F)(F)F)c3)o2)cc1-c1ccsc1. The van der Waals surface area contributed by atoms with Crippen LogP contribution in [0.4, 0.5) is 19.2 Å². The van der Waals surface area contributed by atoms with E-state index in [0.29, 0.717) is 11.3 Å². The fourth-order valence-electron chi connectivity index (χ4n) is 2.88. The minimum Gasteiger partial charge on any atom is -0.496 e. The Hall–Kier alpha value is -3.66. The molecule has 10 heteroatoms. The van der Waals surface area contributed by atoms with Gasteiger partial charge in [-0.25, -0.2) is 0 Å². The largest absolute Gasteiger partial charge is 0.496 e. The molecular weight excluding hydrogens is 431 g/mol. The third-order valence-corrected chi connectivity index (χ3v) is 5.06. The van der Waals surface area contributed by atoms with Gasteiger partial charge < -0.3 is 9.15 Å². The Morgan fingerprint density at radius 3 is 2.65 bits per heavy atom. The first-order chi connectivity index (χ1) is 14.8. The summed E-state index contributed by atoms with van der Waals surface area (Å²) in [5.74, 6) is 0.00760. The van der Waals surface area contributed by atoms with Crippen LogP contribution in [0.15, 0.2) is 63.7 Å². The zero-order valence-electron chi connectivity index (χ0n) is 15.9. The van der Waals surface area contributed by atoms with Crippen molar-refractivity contribution in [3.05, 3.63) is 70.4 Å². The van der Waals surface area contributed by atoms with Crippen molar-refractivity contribution in [2.45, 2.75) is 6.18 Å². The van der Waals surface area contributed by atoms with Gasteiger partial charge in [0.05, 0.1) is 12.7 Å². The lowest BCUT2D eigenvalue weighted by Gasteiger charge is -2.08. The number of hydrogen-bond acceptors (Lipinski definition) is 6. The summed E-state index contributed by atoms with van der Waals surface area (Å²) in [7, 11) is 1.57. The van der Waals surface area contributed by atoms with E-state index in [1.165, 1.54) is 6.07 Å². The van der Waals surface area contributed by atoms with Crippen molar-refractivity contribution in [3.8, 4) is 28.3 Å². The molecule has 1 amide bonds. The molecule has 31 heavy (non-hydrogen) atoms. The lowest BCUT2D eigenvalue weighted by molar-refractivity contribution is -0.137. The minimum atomic E-state index is -4.55. The number of rotatable bonds is 5. The molecule has 0 saturated carbocycles. The second kappa shape index (κ2) is 8.23. The molecule has 0 spiro atoms. The van der Waals surface area contributed by atoms with Crippen LogP contribution >= 0.6 is 11.3 Å². The number of carbonyl (C=O) groups is 1. The van der Waals surface area contributed by atoms with Gasteiger partial charge in [-0.2, -0.15) is 24.5 Å². The molecule has 6 nitrogen and oxygen atoms in total. The van der Waals surface area contributed by atoms with E-state index in [4.69, 9.17) is 9.15 Å². The second-order valence-corrected chi connectivity index (χ2v) is 7.15. The Morgan fingerprint density at radius 2 is 1.94 bits per heavy atom. The van der Waals surface area contributed by atoms with Crippen molar-refractivity contribution in [3.63, 3.8) is 0 Å². The Kier molecular flexibility index (Phi) is 5.47. The first kappa shape index (κ1) is 20.6. The average molecular weight is 445 g/mol. The maximum Gasteiger partial charge on any atom is 0.416 e. The fourth-order valence-corrected chi connectivity index (χ4v) is 3.54. The summed E-state index contributed by atoms with van der Waals surface area (Å²) in [5, 5.41) is 13.9. The highest BCUT2D eigenvalue weighted by Gasteiger charge is 2.31. The number of hydrogen-bond donors (Lipinski definition) is 1. The van der Waals surface area contributed by atoms with Crippen LogP contribution in [0.3, 0.4) is 0 Å². The molecule has 2 aromatic heterocycles. The summed E-state index contributed by atoms with van der Waals surface area (Å²) in [5.41, 5.74) is 1.27. The second-order valence-electron chi connectivity index (χ2n) is 6.37. The van der Waals surface area contributed by atoms with E-state index in [0.717, 1.165) is 29.3 Å². The number of aromatic nitrogens is 2. The molecule has 0 atom stereocenters. The third-order valence-electron chi connectivity index (χ3n) is 4.38. The normalized spacial score (nSPS) is 11.4. The summed E-state index contributed by atoms with van der Waals surface area (Å²) in [6.07, 6.45) is -4.55. The number of nitrogens with one attached hydrogen (secondary N) is 1. The van der Waals surface area contributed by atoms with E-state index < -0.39 is 17.6 Å². The van der Waals surface area contributed by atoms with Crippen LogP contribution < -0.4 is 10.1 Å². The number of alkyl halides is 3. The van der Waals surface area contributed by atoms with Crippen LogP contribution in [0.2, 0.25) is 0 Å². The van der Waals surface area contributed by atoms with Crippen molar-refractivity contribution >= 4 is 23.3 Å². The van der Waals surface area contributed by atoms with E-state index in [2.05, 4.69) is 15.5 Å². The topological polar surface area (TPSA) is 77.3 Å². The maximum atomic E-state index is 12.9. The number of methoxy groups -OCH3 is 1. The Labute approximate surface area is 178 Å². The molecule has 0 bridgehead atoms. The fraction of sp³-hybridized carbons (Fsp3) is 0.0952. The molecule has 4 rings (SSSR count). The maximum absolute atomic E-state index is 12.9. The van der Waals surface area contributed by atoms with Gasteiger partial charge in [-0.3, -0.25) is 10.1 Å². The van der Waals surface area contributed by atoms with Crippen molar-refractivity contribution < 1.29 is 27.1 Å². The first-order valence-electron chi connectivity index (χ1n) is 8.88. The van der Waals surface area contributed by atoms with Gasteiger partial charge in [0, 0.05) is 16.7 Å². The first-order valence-corrected chi connectivity index (χ1v) is 9.82. The van der Waals surface area contributed by atoms with E-state index in [1.807, 2.05) is 22.9 Å². The lowest BCUT2D eigenvalue weighted by atomic mass is 10.0. The highest BCUT2D eigenvalue weighted by atomic mass is 32.1. The van der Waals surface area contributed by atoms with Crippen LogP contribution in [-0.2, 0) is 6.18 Å². The van der Waals surface area contributed by atoms with E-state index in [-0.39, 0.29) is 17.5 Å². The predicted octanol–water partition coefficient (Wildman–Crippen LogP) is 5.74. The quantitative estimate of drug-likeness (QED) is 0.424. The molecule has 4 aromatic rings. The van der Waals surface area contributed by atoms with Crippen LogP contribution in [0.1, 0.15) is 15.9 Å². The minimum absolute atomic E-state index is 0.137. The van der Waals surface area contributed by atoms with Gasteiger partial charge in [0.25, 0.3) is 5.91 Å². The van der Waals surface area contributed by atoms with E-state index >= 15 is 0 Å². The van der Waals surface area contributed by atoms with Gasteiger partial charge in [0.15, 0.2) is 0 Å².